The lowest BCUT2D eigenvalue weighted by Crippen LogP contribution is -2.11. The molecule has 1 aromatic heterocycles. The number of hydrogen-bond acceptors (Lipinski definition) is 4. The lowest BCUT2D eigenvalue weighted by molar-refractivity contribution is 0.300. The van der Waals surface area contributed by atoms with Gasteiger partial charge in [-0.2, -0.15) is 4.98 Å². The average Bonchev–Trinajstić information content (AvgIpc) is 3.05. The molecule has 0 aliphatic rings. The van der Waals surface area contributed by atoms with Gasteiger partial charge in [0.25, 0.3) is 0 Å². The van der Waals surface area contributed by atoms with Gasteiger partial charge >= 0.3 is 0 Å². The summed E-state index contributed by atoms with van der Waals surface area (Å²) in [6.45, 7) is 6.24. The molecule has 0 spiro atoms. The van der Waals surface area contributed by atoms with Crippen molar-refractivity contribution in [1.29, 1.82) is 0 Å². The summed E-state index contributed by atoms with van der Waals surface area (Å²) in [4.78, 5) is 4.42. The van der Waals surface area contributed by atoms with E-state index >= 15 is 0 Å². The standard InChI is InChI=1S/C19H19FN2O2/c1-19(2,3)18-21-17(22-24-18)13-8-10-15(11-9-13)23-12-14-6-4-5-7-16(14)20/h4-11H,12H2,1-3H3. The van der Waals surface area contributed by atoms with Crippen LogP contribution in [0.4, 0.5) is 4.39 Å². The van der Waals surface area contributed by atoms with Gasteiger partial charge in [-0.25, -0.2) is 4.39 Å². The molecule has 0 atom stereocenters. The SMILES string of the molecule is CC(C)(C)c1nc(-c2ccc(OCc3ccccc3F)cc2)no1. The van der Waals surface area contributed by atoms with Crippen molar-refractivity contribution in [3.05, 3.63) is 65.8 Å². The molecule has 0 amide bonds. The summed E-state index contributed by atoms with van der Waals surface area (Å²) in [5, 5.41) is 4.01. The normalized spacial score (nSPS) is 11.5. The Labute approximate surface area is 140 Å². The monoisotopic (exact) mass is 326 g/mol. The summed E-state index contributed by atoms with van der Waals surface area (Å²) in [7, 11) is 0. The van der Waals surface area contributed by atoms with Crippen LogP contribution in [-0.4, -0.2) is 10.1 Å². The average molecular weight is 326 g/mol. The first-order chi connectivity index (χ1) is 11.4. The van der Waals surface area contributed by atoms with Crippen molar-refractivity contribution in [2.45, 2.75) is 32.8 Å². The van der Waals surface area contributed by atoms with Crippen LogP contribution in [-0.2, 0) is 12.0 Å². The molecular weight excluding hydrogens is 307 g/mol. The van der Waals surface area contributed by atoms with Crippen LogP contribution in [0.25, 0.3) is 11.4 Å². The van der Waals surface area contributed by atoms with Crippen LogP contribution in [0.15, 0.2) is 53.1 Å². The lowest BCUT2D eigenvalue weighted by Gasteiger charge is -2.10. The number of aromatic nitrogens is 2. The first-order valence-electron chi connectivity index (χ1n) is 7.74. The zero-order valence-electron chi connectivity index (χ0n) is 13.9. The molecule has 0 saturated heterocycles. The molecule has 0 bridgehead atoms. The molecule has 0 aliphatic carbocycles. The van der Waals surface area contributed by atoms with Crippen molar-refractivity contribution in [3.8, 4) is 17.1 Å². The van der Waals surface area contributed by atoms with Gasteiger partial charge < -0.3 is 9.26 Å². The first kappa shape index (κ1) is 16.2. The molecule has 0 fully saturated rings. The molecule has 0 saturated carbocycles. The molecule has 0 radical (unpaired) electrons. The molecule has 124 valence electrons. The van der Waals surface area contributed by atoms with Crippen LogP contribution >= 0.6 is 0 Å². The highest BCUT2D eigenvalue weighted by atomic mass is 19.1. The van der Waals surface area contributed by atoms with Gasteiger partial charge in [0.1, 0.15) is 18.2 Å². The number of rotatable bonds is 4. The van der Waals surface area contributed by atoms with Crippen LogP contribution in [0.5, 0.6) is 5.75 Å². The zero-order chi connectivity index (χ0) is 17.2. The summed E-state index contributed by atoms with van der Waals surface area (Å²) in [5.74, 6) is 1.52. The fraction of sp³-hybridized carbons (Fsp3) is 0.263. The van der Waals surface area contributed by atoms with Gasteiger partial charge in [-0.3, -0.25) is 0 Å². The van der Waals surface area contributed by atoms with Gasteiger partial charge in [-0.05, 0) is 30.3 Å². The summed E-state index contributed by atoms with van der Waals surface area (Å²) in [6.07, 6.45) is 0. The quantitative estimate of drug-likeness (QED) is 0.694. The second-order valence-electron chi connectivity index (χ2n) is 6.58. The third-order valence-electron chi connectivity index (χ3n) is 3.53. The molecule has 5 heteroatoms. The smallest absolute Gasteiger partial charge is 0.232 e. The Balaban J connectivity index is 1.69. The Bertz CT molecular complexity index is 820. The minimum absolute atomic E-state index is 0.183. The zero-order valence-corrected chi connectivity index (χ0v) is 13.9. The van der Waals surface area contributed by atoms with Crippen molar-refractivity contribution < 1.29 is 13.7 Å². The molecule has 4 nitrogen and oxygen atoms in total. The summed E-state index contributed by atoms with van der Waals surface area (Å²) in [5.41, 5.74) is 1.18. The molecule has 0 N–H and O–H groups in total. The van der Waals surface area contributed by atoms with Gasteiger partial charge in [-0.15, -0.1) is 0 Å². The largest absolute Gasteiger partial charge is 0.489 e. The van der Waals surface area contributed by atoms with Gasteiger partial charge in [-0.1, -0.05) is 44.1 Å². The Hall–Kier alpha value is -2.69. The molecule has 0 aliphatic heterocycles. The molecular formula is C19H19FN2O2. The minimum atomic E-state index is -0.268. The Morgan fingerprint density at radius 2 is 1.75 bits per heavy atom. The predicted octanol–water partition coefficient (Wildman–Crippen LogP) is 4.75. The maximum absolute atomic E-state index is 13.6. The van der Waals surface area contributed by atoms with Crippen LogP contribution in [0.2, 0.25) is 0 Å². The van der Waals surface area contributed by atoms with Crippen LogP contribution < -0.4 is 4.74 Å². The molecule has 24 heavy (non-hydrogen) atoms. The highest BCUT2D eigenvalue weighted by molar-refractivity contribution is 5.55. The minimum Gasteiger partial charge on any atom is -0.489 e. The first-order valence-corrected chi connectivity index (χ1v) is 7.74. The van der Waals surface area contributed by atoms with Gasteiger partial charge in [0.05, 0.1) is 0 Å². The Morgan fingerprint density at radius 1 is 1.04 bits per heavy atom. The Morgan fingerprint density at radius 3 is 2.38 bits per heavy atom. The van der Waals surface area contributed by atoms with Crippen molar-refractivity contribution in [2.24, 2.45) is 0 Å². The fourth-order valence-corrected chi connectivity index (χ4v) is 2.12. The van der Waals surface area contributed by atoms with Gasteiger partial charge in [0.15, 0.2) is 0 Å². The molecule has 2 aromatic carbocycles. The van der Waals surface area contributed by atoms with E-state index in [1.807, 2.05) is 45.0 Å². The highest BCUT2D eigenvalue weighted by Gasteiger charge is 2.22. The fourth-order valence-electron chi connectivity index (χ4n) is 2.12. The third kappa shape index (κ3) is 3.62. The van der Waals surface area contributed by atoms with E-state index in [1.54, 1.807) is 18.2 Å². The van der Waals surface area contributed by atoms with Crippen LogP contribution in [0, 0.1) is 5.82 Å². The maximum atomic E-state index is 13.6. The molecule has 1 heterocycles. The van der Waals surface area contributed by atoms with Crippen molar-refractivity contribution in [1.82, 2.24) is 10.1 Å². The summed E-state index contributed by atoms with van der Waals surface area (Å²) >= 11 is 0. The Kier molecular flexibility index (Phi) is 4.34. The number of hydrogen-bond donors (Lipinski definition) is 0. The third-order valence-corrected chi connectivity index (χ3v) is 3.53. The van der Waals surface area contributed by atoms with E-state index in [1.165, 1.54) is 6.07 Å². The van der Waals surface area contributed by atoms with Crippen molar-refractivity contribution in [2.75, 3.05) is 0 Å². The number of halogens is 1. The van der Waals surface area contributed by atoms with E-state index in [2.05, 4.69) is 10.1 Å². The maximum Gasteiger partial charge on any atom is 0.232 e. The lowest BCUT2D eigenvalue weighted by atomic mass is 9.97. The van der Waals surface area contributed by atoms with Crippen LogP contribution in [0.1, 0.15) is 32.2 Å². The molecule has 0 unspecified atom stereocenters. The second kappa shape index (κ2) is 6.43. The number of nitrogens with zero attached hydrogens (tertiary/aromatic N) is 2. The van der Waals surface area contributed by atoms with E-state index in [9.17, 15) is 4.39 Å². The van der Waals surface area contributed by atoms with E-state index < -0.39 is 0 Å². The highest BCUT2D eigenvalue weighted by Crippen LogP contribution is 2.25. The van der Waals surface area contributed by atoms with E-state index in [0.29, 0.717) is 23.0 Å². The van der Waals surface area contributed by atoms with Crippen molar-refractivity contribution in [3.63, 3.8) is 0 Å². The summed E-state index contributed by atoms with van der Waals surface area (Å²) in [6, 6.07) is 13.9. The predicted molar refractivity (Wildman–Crippen MR) is 89.2 cm³/mol. The van der Waals surface area contributed by atoms with Gasteiger partial charge in [0.2, 0.25) is 11.7 Å². The van der Waals surface area contributed by atoms with Crippen molar-refractivity contribution >= 4 is 0 Å². The topological polar surface area (TPSA) is 48.2 Å². The van der Waals surface area contributed by atoms with E-state index in [-0.39, 0.29) is 17.8 Å². The van der Waals surface area contributed by atoms with Gasteiger partial charge in [0, 0.05) is 16.5 Å². The summed E-state index contributed by atoms with van der Waals surface area (Å²) < 4.78 is 24.5. The van der Waals surface area contributed by atoms with Crippen LogP contribution in [0.3, 0.4) is 0 Å². The van der Waals surface area contributed by atoms with E-state index in [4.69, 9.17) is 9.26 Å². The number of ether oxygens (including phenoxy) is 1. The molecule has 3 rings (SSSR count). The number of benzene rings is 2. The molecule has 3 aromatic rings. The second-order valence-corrected chi connectivity index (χ2v) is 6.58. The van der Waals surface area contributed by atoms with E-state index in [0.717, 1.165) is 5.56 Å².